The molecule has 5 atom stereocenters. The van der Waals surface area contributed by atoms with Crippen LogP contribution in [0.25, 0.3) is 0 Å². The summed E-state index contributed by atoms with van der Waals surface area (Å²) in [5, 5.41) is 10.6. The molecule has 19 heteroatoms. The maximum atomic E-state index is 13.1. The molecule has 0 saturated heterocycles. The first-order valence-electron chi connectivity index (χ1n) is 40.2. The number of carbonyl (C=O) groups excluding carboxylic acids is 4. The highest BCUT2D eigenvalue weighted by Gasteiger charge is 2.30. The van der Waals surface area contributed by atoms with E-state index < -0.39 is 97.5 Å². The molecule has 0 aliphatic heterocycles. The highest BCUT2D eigenvalue weighted by Crippen LogP contribution is 2.45. The molecule has 0 aliphatic carbocycles. The normalized spacial score (nSPS) is 14.1. The van der Waals surface area contributed by atoms with Crippen LogP contribution in [0.3, 0.4) is 0 Å². The Balaban J connectivity index is 5.19. The van der Waals surface area contributed by atoms with Gasteiger partial charge in [0.05, 0.1) is 26.4 Å². The minimum absolute atomic E-state index is 0.105. The van der Waals surface area contributed by atoms with E-state index in [1.165, 1.54) is 193 Å². The maximum Gasteiger partial charge on any atom is 0.472 e. The van der Waals surface area contributed by atoms with Gasteiger partial charge in [0.2, 0.25) is 0 Å². The van der Waals surface area contributed by atoms with E-state index in [9.17, 15) is 43.2 Å². The van der Waals surface area contributed by atoms with Crippen LogP contribution < -0.4 is 0 Å². The molecule has 0 aromatic heterocycles. The molecule has 0 bridgehead atoms. The van der Waals surface area contributed by atoms with Crippen molar-refractivity contribution in [2.24, 2.45) is 23.7 Å². The van der Waals surface area contributed by atoms with Crippen molar-refractivity contribution < 1.29 is 80.2 Å². The van der Waals surface area contributed by atoms with Crippen LogP contribution in [0.5, 0.6) is 0 Å². The van der Waals surface area contributed by atoms with Crippen LogP contribution in [0.4, 0.5) is 0 Å². The van der Waals surface area contributed by atoms with Crippen LogP contribution in [-0.2, 0) is 65.4 Å². The standard InChI is InChI=1S/C78H152O17P2/c1-68(2)54-46-38-30-24-18-15-13-11-9-10-12-14-16-20-27-33-42-50-58-75(80)88-64-73(94-77(82)60-52-44-34-28-21-17-19-25-31-39-47-55-69(3)4)66-92-96(84,85)90-62-72(79)63-91-97(86,87)93-67-74(65-89-76(81)59-51-43-37-36-41-49-57-71(7)8)95-78(83)61-53-45-35-29-23-22-26-32-40-48-56-70(5)6/h68-74,79H,9-67H2,1-8H3,(H,84,85)(H,86,87)/t72-,73-,74-/m1/s1. The summed E-state index contributed by atoms with van der Waals surface area (Å²) in [4.78, 5) is 72.8. The number of hydrogen-bond acceptors (Lipinski definition) is 15. The molecular weight excluding hydrogens is 1270 g/mol. The number of phosphoric acid groups is 2. The molecule has 0 aromatic rings. The number of esters is 4. The summed E-state index contributed by atoms with van der Waals surface area (Å²) in [6.45, 7) is 14.2. The van der Waals surface area contributed by atoms with Crippen molar-refractivity contribution in [1.29, 1.82) is 0 Å². The number of aliphatic hydroxyl groups is 1. The number of aliphatic hydroxyl groups excluding tert-OH is 1. The van der Waals surface area contributed by atoms with Crippen LogP contribution in [-0.4, -0.2) is 96.7 Å². The second-order valence-corrected chi connectivity index (χ2v) is 32.9. The van der Waals surface area contributed by atoms with Crippen LogP contribution >= 0.6 is 15.6 Å². The Morgan fingerprint density at radius 3 is 0.639 bits per heavy atom. The smallest absolute Gasteiger partial charge is 0.462 e. The van der Waals surface area contributed by atoms with Crippen molar-refractivity contribution in [3.8, 4) is 0 Å². The zero-order valence-corrected chi connectivity index (χ0v) is 65.5. The summed E-state index contributed by atoms with van der Waals surface area (Å²) >= 11 is 0. The highest BCUT2D eigenvalue weighted by atomic mass is 31.2. The molecule has 0 saturated carbocycles. The van der Waals surface area contributed by atoms with E-state index >= 15 is 0 Å². The molecule has 0 radical (unpaired) electrons. The Bertz CT molecular complexity index is 1900. The van der Waals surface area contributed by atoms with Crippen LogP contribution in [0.2, 0.25) is 0 Å². The highest BCUT2D eigenvalue weighted by molar-refractivity contribution is 7.47. The topological polar surface area (TPSA) is 237 Å². The molecule has 0 rings (SSSR count). The van der Waals surface area contributed by atoms with E-state index in [2.05, 4.69) is 55.4 Å². The molecule has 17 nitrogen and oxygen atoms in total. The van der Waals surface area contributed by atoms with Crippen molar-refractivity contribution in [1.82, 2.24) is 0 Å². The lowest BCUT2D eigenvalue weighted by Crippen LogP contribution is -2.30. The minimum Gasteiger partial charge on any atom is -0.462 e. The first kappa shape index (κ1) is 95.1. The molecule has 2 unspecified atom stereocenters. The largest absolute Gasteiger partial charge is 0.472 e. The minimum atomic E-state index is -4.96. The van der Waals surface area contributed by atoms with Gasteiger partial charge >= 0.3 is 39.5 Å². The van der Waals surface area contributed by atoms with Crippen molar-refractivity contribution in [3.63, 3.8) is 0 Å². The molecule has 0 amide bonds. The Labute approximate surface area is 594 Å². The van der Waals surface area contributed by atoms with Gasteiger partial charge in [-0.3, -0.25) is 37.3 Å². The van der Waals surface area contributed by atoms with E-state index in [0.29, 0.717) is 31.6 Å². The molecule has 576 valence electrons. The number of unbranched alkanes of at least 4 members (excludes halogenated alkanes) is 41. The van der Waals surface area contributed by atoms with Crippen molar-refractivity contribution in [3.05, 3.63) is 0 Å². The fourth-order valence-electron chi connectivity index (χ4n) is 11.9. The fraction of sp³-hybridized carbons (Fsp3) is 0.949. The summed E-state index contributed by atoms with van der Waals surface area (Å²) in [6.07, 6.45) is 53.0. The van der Waals surface area contributed by atoms with E-state index in [0.717, 1.165) is 114 Å². The zero-order valence-electron chi connectivity index (χ0n) is 63.7. The molecule has 0 spiro atoms. The molecule has 0 fully saturated rings. The Morgan fingerprint density at radius 2 is 0.433 bits per heavy atom. The monoisotopic (exact) mass is 1420 g/mol. The maximum absolute atomic E-state index is 13.1. The predicted octanol–water partition coefficient (Wildman–Crippen LogP) is 22.8. The third kappa shape index (κ3) is 72.2. The van der Waals surface area contributed by atoms with Gasteiger partial charge in [0.25, 0.3) is 0 Å². The van der Waals surface area contributed by atoms with E-state index in [4.69, 9.17) is 37.0 Å². The average Bonchev–Trinajstić information content (AvgIpc) is 1.05. The number of hydrogen-bond donors (Lipinski definition) is 3. The van der Waals surface area contributed by atoms with Crippen molar-refractivity contribution in [2.75, 3.05) is 39.6 Å². The van der Waals surface area contributed by atoms with Crippen LogP contribution in [0.15, 0.2) is 0 Å². The third-order valence-corrected chi connectivity index (χ3v) is 20.0. The summed E-state index contributed by atoms with van der Waals surface area (Å²) in [5.41, 5.74) is 0. The lowest BCUT2D eigenvalue weighted by atomic mass is 10.0. The molecule has 3 N–H and O–H groups in total. The van der Waals surface area contributed by atoms with Crippen molar-refractivity contribution in [2.45, 2.75) is 414 Å². The Morgan fingerprint density at radius 1 is 0.258 bits per heavy atom. The molecule has 0 aromatic carbocycles. The second-order valence-electron chi connectivity index (χ2n) is 30.0. The first-order valence-corrected chi connectivity index (χ1v) is 43.2. The molecular formula is C78H152O17P2. The summed E-state index contributed by atoms with van der Waals surface area (Å²) in [6, 6.07) is 0. The summed E-state index contributed by atoms with van der Waals surface area (Å²) < 4.78 is 68.5. The summed E-state index contributed by atoms with van der Waals surface area (Å²) in [7, 11) is -9.91. The van der Waals surface area contributed by atoms with Gasteiger partial charge < -0.3 is 33.8 Å². The quantitative estimate of drug-likeness (QED) is 0.0222. The second kappa shape index (κ2) is 67.2. The lowest BCUT2D eigenvalue weighted by molar-refractivity contribution is -0.161. The molecule has 97 heavy (non-hydrogen) atoms. The van der Waals surface area contributed by atoms with Gasteiger partial charge in [-0.1, -0.05) is 344 Å². The van der Waals surface area contributed by atoms with Gasteiger partial charge in [0, 0.05) is 25.7 Å². The number of carbonyl (C=O) groups is 4. The third-order valence-electron chi connectivity index (χ3n) is 18.1. The molecule has 0 aliphatic rings. The Kier molecular flexibility index (Phi) is 65.9. The SMILES string of the molecule is CC(C)CCCCCCCCCCCCCCCCCCCCC(=O)OC[C@H](COP(=O)(O)OC[C@@H](O)COP(=O)(O)OC[C@@H](COC(=O)CCCCCCCCC(C)C)OC(=O)CCCCCCCCCCCCC(C)C)OC(=O)CCCCCCCCCCCCCC(C)C. The van der Waals surface area contributed by atoms with Gasteiger partial charge in [0.1, 0.15) is 19.3 Å². The van der Waals surface area contributed by atoms with Gasteiger partial charge in [0.15, 0.2) is 12.2 Å². The van der Waals surface area contributed by atoms with Gasteiger partial charge in [-0.05, 0) is 49.4 Å². The number of phosphoric ester groups is 2. The fourth-order valence-corrected chi connectivity index (χ4v) is 13.5. The lowest BCUT2D eigenvalue weighted by Gasteiger charge is -2.21. The number of rotatable bonds is 75. The van der Waals surface area contributed by atoms with Gasteiger partial charge in [-0.2, -0.15) is 0 Å². The first-order chi connectivity index (χ1) is 46.6. The zero-order chi connectivity index (χ0) is 71.7. The van der Waals surface area contributed by atoms with Gasteiger partial charge in [-0.15, -0.1) is 0 Å². The summed E-state index contributed by atoms with van der Waals surface area (Å²) in [5.74, 6) is 0.899. The predicted molar refractivity (Wildman–Crippen MR) is 395 cm³/mol. The van der Waals surface area contributed by atoms with Crippen LogP contribution in [0.1, 0.15) is 396 Å². The van der Waals surface area contributed by atoms with E-state index in [-0.39, 0.29) is 25.7 Å². The van der Waals surface area contributed by atoms with Crippen molar-refractivity contribution >= 4 is 39.5 Å². The Hall–Kier alpha value is -1.94. The number of ether oxygens (including phenoxy) is 4. The van der Waals surface area contributed by atoms with Crippen LogP contribution in [0, 0.1) is 23.7 Å². The van der Waals surface area contributed by atoms with E-state index in [1.807, 2.05) is 0 Å². The average molecular weight is 1420 g/mol. The van der Waals surface area contributed by atoms with E-state index in [1.54, 1.807) is 0 Å². The van der Waals surface area contributed by atoms with Gasteiger partial charge in [-0.25, -0.2) is 9.13 Å². The molecule has 0 heterocycles.